The quantitative estimate of drug-likeness (QED) is 0.275. The number of rotatable bonds is 2. The van der Waals surface area contributed by atoms with Gasteiger partial charge >= 0.3 is 11.7 Å². The van der Waals surface area contributed by atoms with Gasteiger partial charge in [0.1, 0.15) is 5.75 Å². The Hall–Kier alpha value is -4.25. The van der Waals surface area contributed by atoms with Gasteiger partial charge in [-0.3, -0.25) is 9.59 Å². The topological polar surface area (TPSA) is 124 Å². The second-order valence-corrected chi connectivity index (χ2v) is 13.1. The third-order valence-electron chi connectivity index (χ3n) is 7.87. The van der Waals surface area contributed by atoms with Gasteiger partial charge in [0.05, 0.1) is 41.1 Å². The van der Waals surface area contributed by atoms with E-state index in [4.69, 9.17) is 14.6 Å². The summed E-state index contributed by atoms with van der Waals surface area (Å²) in [7, 11) is 0. The molecule has 42 heavy (non-hydrogen) atoms. The van der Waals surface area contributed by atoms with Crippen LogP contribution in [-0.4, -0.2) is 62.7 Å². The second kappa shape index (κ2) is 9.65. The highest BCUT2D eigenvalue weighted by Crippen LogP contribution is 2.43. The highest BCUT2D eigenvalue weighted by molar-refractivity contribution is 5.98. The van der Waals surface area contributed by atoms with E-state index < -0.39 is 22.5 Å². The normalized spacial score (nSPS) is 16.9. The average Bonchev–Trinajstić information content (AvgIpc) is 3.50. The number of carbonyl (C=O) groups excluding carboxylic acids is 2. The summed E-state index contributed by atoms with van der Waals surface area (Å²) < 4.78 is 14.5. The molecule has 0 saturated carbocycles. The zero-order chi connectivity index (χ0) is 30.1. The summed E-state index contributed by atoms with van der Waals surface area (Å²) in [6, 6.07) is 9.40. The van der Waals surface area contributed by atoms with Crippen molar-refractivity contribution in [1.82, 2.24) is 24.5 Å². The van der Waals surface area contributed by atoms with Crippen molar-refractivity contribution in [2.75, 3.05) is 31.2 Å². The largest absolute Gasteiger partial charge is 0.425 e. The Balaban J connectivity index is 1.69. The molecule has 2 aliphatic rings. The van der Waals surface area contributed by atoms with Crippen molar-refractivity contribution in [3.05, 3.63) is 52.1 Å². The Morgan fingerprint density at radius 3 is 2.40 bits per heavy atom. The molecule has 0 radical (unpaired) electrons. The van der Waals surface area contributed by atoms with Gasteiger partial charge in [0.25, 0.3) is 5.91 Å². The predicted octanol–water partition coefficient (Wildman–Crippen LogP) is 4.52. The molecule has 11 nitrogen and oxygen atoms in total. The number of carbonyl (C=O) groups is 2. The maximum Gasteiger partial charge on any atom is 0.348 e. The minimum atomic E-state index is -0.797. The lowest BCUT2D eigenvalue weighted by Crippen LogP contribution is -2.37. The van der Waals surface area contributed by atoms with Gasteiger partial charge < -0.3 is 14.4 Å². The summed E-state index contributed by atoms with van der Waals surface area (Å²) in [6.07, 6.45) is 0. The Labute approximate surface area is 243 Å². The molecule has 2 aliphatic heterocycles. The zero-order valence-electron chi connectivity index (χ0n) is 25.1. The third-order valence-corrected chi connectivity index (χ3v) is 7.87. The van der Waals surface area contributed by atoms with Crippen molar-refractivity contribution in [1.29, 1.82) is 0 Å². The van der Waals surface area contributed by atoms with Crippen molar-refractivity contribution < 1.29 is 19.1 Å². The number of esters is 1. The van der Waals surface area contributed by atoms with Crippen LogP contribution < -0.4 is 15.3 Å². The molecule has 2 aromatic carbocycles. The van der Waals surface area contributed by atoms with Crippen molar-refractivity contribution in [2.24, 2.45) is 10.8 Å². The van der Waals surface area contributed by atoms with Gasteiger partial charge in [-0.1, -0.05) is 27.7 Å². The first-order valence-electron chi connectivity index (χ1n) is 14.2. The summed E-state index contributed by atoms with van der Waals surface area (Å²) in [4.78, 5) is 42.4. The SMILES string of the molecule is CC1c2cc(ccc2N2CCOCC2)-n2c(n[nH]c2=O)-c2cc3c1nn(C(=O)C(C)(C)C)c3cc2OC(=O)C(C)(C)C. The molecular weight excluding hydrogens is 536 g/mol. The summed E-state index contributed by atoms with van der Waals surface area (Å²) in [6.45, 7) is 15.6. The summed E-state index contributed by atoms with van der Waals surface area (Å²) in [5.41, 5.74) is 2.32. The molecule has 1 unspecified atom stereocenters. The van der Waals surface area contributed by atoms with Gasteiger partial charge in [-0.05, 0) is 50.6 Å². The number of nitrogens with one attached hydrogen (secondary N) is 1. The molecule has 11 heteroatoms. The lowest BCUT2D eigenvalue weighted by Gasteiger charge is -2.32. The molecule has 4 aromatic rings. The number of ether oxygens (including phenoxy) is 2. The van der Waals surface area contributed by atoms with Crippen LogP contribution in [0.1, 0.15) is 70.4 Å². The van der Waals surface area contributed by atoms with Gasteiger partial charge in [-0.2, -0.15) is 14.9 Å². The number of aromatic amines is 1. The molecule has 4 bridgehead atoms. The van der Waals surface area contributed by atoms with Crippen LogP contribution in [0.5, 0.6) is 5.75 Å². The number of benzene rings is 2. The lowest BCUT2D eigenvalue weighted by atomic mass is 9.91. The minimum Gasteiger partial charge on any atom is -0.425 e. The highest BCUT2D eigenvalue weighted by Gasteiger charge is 2.33. The van der Waals surface area contributed by atoms with Crippen molar-refractivity contribution in [3.63, 3.8) is 0 Å². The van der Waals surface area contributed by atoms with E-state index in [-0.39, 0.29) is 17.6 Å². The number of hydrogen-bond donors (Lipinski definition) is 1. The number of morpholine rings is 1. The van der Waals surface area contributed by atoms with E-state index in [1.807, 2.05) is 45.0 Å². The lowest BCUT2D eigenvalue weighted by molar-refractivity contribution is -0.142. The van der Waals surface area contributed by atoms with Gasteiger partial charge in [0.15, 0.2) is 5.82 Å². The van der Waals surface area contributed by atoms with Crippen LogP contribution in [0.2, 0.25) is 0 Å². The smallest absolute Gasteiger partial charge is 0.348 e. The van der Waals surface area contributed by atoms with Gasteiger partial charge in [-0.15, -0.1) is 0 Å². The first-order chi connectivity index (χ1) is 19.8. The Morgan fingerprint density at radius 2 is 1.74 bits per heavy atom. The van der Waals surface area contributed by atoms with Crippen molar-refractivity contribution in [3.8, 4) is 22.8 Å². The molecule has 2 aromatic heterocycles. The highest BCUT2D eigenvalue weighted by atomic mass is 16.5. The van der Waals surface area contributed by atoms with Crippen LogP contribution >= 0.6 is 0 Å². The van der Waals surface area contributed by atoms with Crippen LogP contribution in [-0.2, 0) is 9.53 Å². The maximum atomic E-state index is 13.7. The predicted molar refractivity (Wildman–Crippen MR) is 159 cm³/mol. The fourth-order valence-corrected chi connectivity index (χ4v) is 5.45. The Bertz CT molecular complexity index is 1790. The van der Waals surface area contributed by atoms with Gasteiger partial charge in [-0.25, -0.2) is 14.5 Å². The summed E-state index contributed by atoms with van der Waals surface area (Å²) in [5.74, 6) is -0.423. The molecule has 1 atom stereocenters. The number of nitrogens with zero attached hydrogens (tertiary/aromatic N) is 5. The van der Waals surface area contributed by atoms with E-state index >= 15 is 0 Å². The molecule has 0 spiro atoms. The average molecular weight is 573 g/mol. The summed E-state index contributed by atoms with van der Waals surface area (Å²) in [5, 5.41) is 12.6. The Morgan fingerprint density at radius 1 is 1.02 bits per heavy atom. The van der Waals surface area contributed by atoms with E-state index in [0.717, 1.165) is 24.3 Å². The number of H-pyrrole nitrogens is 1. The van der Waals surface area contributed by atoms with Crippen molar-refractivity contribution in [2.45, 2.75) is 54.4 Å². The summed E-state index contributed by atoms with van der Waals surface area (Å²) >= 11 is 0. The molecule has 0 aliphatic carbocycles. The van der Waals surface area contributed by atoms with Crippen LogP contribution in [0.4, 0.5) is 5.69 Å². The molecule has 1 fully saturated rings. The fourth-order valence-electron chi connectivity index (χ4n) is 5.45. The Kier molecular flexibility index (Phi) is 6.41. The van der Waals surface area contributed by atoms with Crippen LogP contribution in [0.25, 0.3) is 28.0 Å². The second-order valence-electron chi connectivity index (χ2n) is 13.1. The van der Waals surface area contributed by atoms with Crippen LogP contribution in [0.15, 0.2) is 35.1 Å². The molecule has 0 amide bonds. The standard InChI is InChI=1S/C31H36N6O5/c1-17-19-14-18(8-9-22(19)35-10-12-41-13-11-35)36-26(32-33-29(36)40)21-15-20-23(16-24(21)42-28(39)31(5,6)7)37(34-25(17)20)27(38)30(2,3)4/h8-9,14-17H,10-13H2,1-7H3,(H,33,40). The third kappa shape index (κ3) is 4.52. The molecule has 6 rings (SSSR count). The van der Waals surface area contributed by atoms with Crippen molar-refractivity contribution >= 4 is 28.5 Å². The maximum absolute atomic E-state index is 13.7. The first-order valence-corrected chi connectivity index (χ1v) is 14.2. The van der Waals surface area contributed by atoms with Crippen LogP contribution in [0.3, 0.4) is 0 Å². The molecule has 1 saturated heterocycles. The molecule has 1 N–H and O–H groups in total. The minimum absolute atomic E-state index is 0.190. The number of hydrogen-bond acceptors (Lipinski definition) is 8. The van der Waals surface area contributed by atoms with Crippen LogP contribution in [0, 0.1) is 10.8 Å². The number of aromatic nitrogens is 5. The first kappa shape index (κ1) is 27.9. The van der Waals surface area contributed by atoms with Gasteiger partial charge in [0, 0.05) is 41.6 Å². The molecule has 220 valence electrons. The monoisotopic (exact) mass is 572 g/mol. The van der Waals surface area contributed by atoms with E-state index in [9.17, 15) is 14.4 Å². The van der Waals surface area contributed by atoms with E-state index in [1.165, 1.54) is 9.25 Å². The zero-order valence-corrected chi connectivity index (χ0v) is 25.1. The fraction of sp³-hybridized carbons (Fsp3) is 0.452. The van der Waals surface area contributed by atoms with E-state index in [1.54, 1.807) is 26.8 Å². The van der Waals surface area contributed by atoms with E-state index in [0.29, 0.717) is 46.9 Å². The van der Waals surface area contributed by atoms with Gasteiger partial charge in [0.2, 0.25) is 0 Å². The number of anilines is 1. The molecular formula is C31H36N6O5. The number of fused-ring (bicyclic) bond motifs is 6. The van der Waals surface area contributed by atoms with E-state index in [2.05, 4.69) is 22.0 Å². The molecule has 4 heterocycles.